The molecule has 5 rings (SSSR count). The smallest absolute Gasteiger partial charge is 0.153 e. The lowest BCUT2D eigenvalue weighted by Gasteiger charge is -2.07. The minimum atomic E-state index is 0.480. The summed E-state index contributed by atoms with van der Waals surface area (Å²) in [6.45, 7) is 0.480. The second-order valence-electron chi connectivity index (χ2n) is 7.09. The van der Waals surface area contributed by atoms with Crippen LogP contribution in [0, 0.1) is 0 Å². The fourth-order valence-electron chi connectivity index (χ4n) is 3.43. The molecule has 0 saturated carbocycles. The van der Waals surface area contributed by atoms with Crippen LogP contribution >= 0.6 is 23.2 Å². The summed E-state index contributed by atoms with van der Waals surface area (Å²) in [7, 11) is 0. The highest BCUT2D eigenvalue weighted by atomic mass is 35.5. The highest BCUT2D eigenvalue weighted by molar-refractivity contribution is 6.31. The van der Waals surface area contributed by atoms with Crippen LogP contribution in [0.15, 0.2) is 83.3 Å². The molecule has 2 aromatic heterocycles. The molecule has 0 bridgehead atoms. The molecule has 5 aromatic rings. The van der Waals surface area contributed by atoms with Gasteiger partial charge in [0, 0.05) is 21.7 Å². The second kappa shape index (κ2) is 8.02. The number of ether oxygens (including phenoxy) is 1. The minimum Gasteiger partial charge on any atom is -0.489 e. The quantitative estimate of drug-likeness (QED) is 0.267. The van der Waals surface area contributed by atoms with E-state index in [-0.39, 0.29) is 0 Å². The van der Waals surface area contributed by atoms with Crippen molar-refractivity contribution in [2.24, 2.45) is 0 Å². The number of hydrogen-bond acceptors (Lipinski definition) is 3. The molecule has 5 heteroatoms. The zero-order valence-electron chi connectivity index (χ0n) is 15.9. The van der Waals surface area contributed by atoms with Crippen LogP contribution in [0.1, 0.15) is 11.1 Å². The number of hydrogen-bond donors (Lipinski definition) is 0. The molecular weight excluding hydrogens is 417 g/mol. The third-order valence-corrected chi connectivity index (χ3v) is 5.49. The number of halogens is 2. The molecule has 148 valence electrons. The molecule has 0 fully saturated rings. The van der Waals surface area contributed by atoms with Crippen molar-refractivity contribution in [2.75, 3.05) is 0 Å². The van der Waals surface area contributed by atoms with Gasteiger partial charge in [-0.25, -0.2) is 4.98 Å². The molecule has 3 aromatic carbocycles. The number of fused-ring (bicyclic) bond motifs is 2. The number of benzene rings is 3. The van der Waals surface area contributed by atoms with Crippen LogP contribution in [0.2, 0.25) is 5.02 Å². The lowest BCUT2D eigenvalue weighted by Crippen LogP contribution is -1.95. The van der Waals surface area contributed by atoms with E-state index >= 15 is 0 Å². The summed E-state index contributed by atoms with van der Waals surface area (Å²) in [6, 6.07) is 25.5. The largest absolute Gasteiger partial charge is 0.489 e. The van der Waals surface area contributed by atoms with Crippen molar-refractivity contribution in [3.05, 3.63) is 95.0 Å². The van der Waals surface area contributed by atoms with Crippen molar-refractivity contribution >= 4 is 45.1 Å². The van der Waals surface area contributed by atoms with Gasteiger partial charge in [-0.1, -0.05) is 48.0 Å². The van der Waals surface area contributed by atoms with Gasteiger partial charge in [-0.2, -0.15) is 0 Å². The molecule has 2 heterocycles. The second-order valence-corrected chi connectivity index (χ2v) is 7.79. The predicted molar refractivity (Wildman–Crippen MR) is 122 cm³/mol. The van der Waals surface area contributed by atoms with Crippen molar-refractivity contribution in [3.63, 3.8) is 0 Å². The molecule has 0 N–H and O–H groups in total. The first-order valence-corrected chi connectivity index (χ1v) is 10.5. The molecule has 0 saturated heterocycles. The van der Waals surface area contributed by atoms with Crippen LogP contribution < -0.4 is 4.74 Å². The normalized spacial score (nSPS) is 11.3. The SMILES string of the molecule is ClCc1cccc(COc2ccc3oc(-c4ccc5ccc(Cl)cc5n4)cc3c2)c1. The fraction of sp³-hybridized carbons (Fsp3) is 0.0800. The van der Waals surface area contributed by atoms with Crippen LogP contribution in [0.3, 0.4) is 0 Å². The Balaban J connectivity index is 1.41. The summed E-state index contributed by atoms with van der Waals surface area (Å²) in [4.78, 5) is 4.70. The Morgan fingerprint density at radius 1 is 0.833 bits per heavy atom. The highest BCUT2D eigenvalue weighted by Gasteiger charge is 2.10. The average Bonchev–Trinajstić information content (AvgIpc) is 3.21. The molecule has 30 heavy (non-hydrogen) atoms. The van der Waals surface area contributed by atoms with Crippen LogP contribution in [-0.2, 0) is 12.5 Å². The summed E-state index contributed by atoms with van der Waals surface area (Å²) in [6.07, 6.45) is 0. The third kappa shape index (κ3) is 3.87. The maximum absolute atomic E-state index is 6.11. The van der Waals surface area contributed by atoms with Gasteiger partial charge in [0.15, 0.2) is 5.76 Å². The van der Waals surface area contributed by atoms with E-state index in [9.17, 15) is 0 Å². The van der Waals surface area contributed by atoms with E-state index < -0.39 is 0 Å². The Kier molecular flexibility index (Phi) is 5.07. The van der Waals surface area contributed by atoms with E-state index in [0.29, 0.717) is 23.3 Å². The van der Waals surface area contributed by atoms with Crippen molar-refractivity contribution in [1.29, 1.82) is 0 Å². The Labute approximate surface area is 183 Å². The highest BCUT2D eigenvalue weighted by Crippen LogP contribution is 2.31. The van der Waals surface area contributed by atoms with E-state index in [4.69, 9.17) is 37.3 Å². The van der Waals surface area contributed by atoms with Gasteiger partial charge in [0.25, 0.3) is 0 Å². The van der Waals surface area contributed by atoms with E-state index in [1.165, 1.54) is 0 Å². The molecule has 0 aliphatic carbocycles. The van der Waals surface area contributed by atoms with Gasteiger partial charge < -0.3 is 9.15 Å². The van der Waals surface area contributed by atoms with Gasteiger partial charge in [0.1, 0.15) is 23.6 Å². The zero-order chi connectivity index (χ0) is 20.5. The fourth-order valence-corrected chi connectivity index (χ4v) is 3.77. The number of pyridine rings is 1. The number of aromatic nitrogens is 1. The van der Waals surface area contributed by atoms with Gasteiger partial charge in [0.2, 0.25) is 0 Å². The van der Waals surface area contributed by atoms with E-state index in [1.54, 1.807) is 0 Å². The van der Waals surface area contributed by atoms with E-state index in [1.807, 2.05) is 72.8 Å². The van der Waals surface area contributed by atoms with Crippen LogP contribution in [-0.4, -0.2) is 4.98 Å². The molecule has 0 unspecified atom stereocenters. The topological polar surface area (TPSA) is 35.3 Å². The lowest BCUT2D eigenvalue weighted by molar-refractivity contribution is 0.306. The summed E-state index contributed by atoms with van der Waals surface area (Å²) < 4.78 is 12.0. The van der Waals surface area contributed by atoms with Gasteiger partial charge in [0.05, 0.1) is 5.52 Å². The van der Waals surface area contributed by atoms with Crippen molar-refractivity contribution in [3.8, 4) is 17.2 Å². The monoisotopic (exact) mass is 433 g/mol. The minimum absolute atomic E-state index is 0.480. The first-order valence-electron chi connectivity index (χ1n) is 9.55. The molecule has 0 amide bonds. The standard InChI is InChI=1S/C25H17Cl2NO2/c26-14-16-2-1-3-17(10-16)15-29-21-7-9-24-19(11-21)12-25(30-24)22-8-5-18-4-6-20(27)13-23(18)28-22/h1-13H,14-15H2. The van der Waals surface area contributed by atoms with E-state index in [0.717, 1.165) is 44.4 Å². The Morgan fingerprint density at radius 2 is 1.70 bits per heavy atom. The zero-order valence-corrected chi connectivity index (χ0v) is 17.5. The third-order valence-electron chi connectivity index (χ3n) is 4.95. The summed E-state index contributed by atoms with van der Waals surface area (Å²) >= 11 is 12.0. The van der Waals surface area contributed by atoms with E-state index in [2.05, 4.69) is 6.07 Å². The number of alkyl halides is 1. The van der Waals surface area contributed by atoms with Crippen molar-refractivity contribution in [2.45, 2.75) is 12.5 Å². The molecule has 0 spiro atoms. The summed E-state index contributed by atoms with van der Waals surface area (Å²) in [5.41, 5.74) is 4.55. The maximum atomic E-state index is 6.11. The first-order chi connectivity index (χ1) is 14.7. The molecule has 3 nitrogen and oxygen atoms in total. The maximum Gasteiger partial charge on any atom is 0.153 e. The van der Waals surface area contributed by atoms with Gasteiger partial charge in [-0.3, -0.25) is 0 Å². The molecule has 0 aliphatic heterocycles. The molecule has 0 atom stereocenters. The van der Waals surface area contributed by atoms with Gasteiger partial charge >= 0.3 is 0 Å². The predicted octanol–water partition coefficient (Wildman–Crippen LogP) is 7.62. The Hall–Kier alpha value is -3.01. The van der Waals surface area contributed by atoms with Gasteiger partial charge in [-0.05, 0) is 53.6 Å². The Morgan fingerprint density at radius 3 is 2.60 bits per heavy atom. The van der Waals surface area contributed by atoms with Crippen LogP contribution in [0.25, 0.3) is 33.3 Å². The van der Waals surface area contributed by atoms with Crippen LogP contribution in [0.5, 0.6) is 5.75 Å². The summed E-state index contributed by atoms with van der Waals surface area (Å²) in [5.74, 6) is 1.98. The number of rotatable bonds is 5. The molecule has 0 aliphatic rings. The Bertz CT molecular complexity index is 1360. The number of furan rings is 1. The molecular formula is C25H17Cl2NO2. The van der Waals surface area contributed by atoms with Crippen LogP contribution in [0.4, 0.5) is 0 Å². The summed E-state index contributed by atoms with van der Waals surface area (Å²) in [5, 5.41) is 2.66. The van der Waals surface area contributed by atoms with Crippen molar-refractivity contribution in [1.82, 2.24) is 4.98 Å². The number of nitrogens with zero attached hydrogens (tertiary/aromatic N) is 1. The average molecular weight is 434 g/mol. The lowest BCUT2D eigenvalue weighted by atomic mass is 10.1. The van der Waals surface area contributed by atoms with Crippen molar-refractivity contribution < 1.29 is 9.15 Å². The first kappa shape index (κ1) is 19.0. The van der Waals surface area contributed by atoms with Gasteiger partial charge in [-0.15, -0.1) is 11.6 Å². The molecule has 0 radical (unpaired) electrons.